The van der Waals surface area contributed by atoms with E-state index >= 15 is 0 Å². The van der Waals surface area contributed by atoms with E-state index < -0.39 is 17.6 Å². The summed E-state index contributed by atoms with van der Waals surface area (Å²) >= 11 is 0. The van der Waals surface area contributed by atoms with Crippen LogP contribution in [0.3, 0.4) is 0 Å². The summed E-state index contributed by atoms with van der Waals surface area (Å²) in [5, 5.41) is 15.3. The highest BCUT2D eigenvalue weighted by molar-refractivity contribution is 6.04. The van der Waals surface area contributed by atoms with Crippen molar-refractivity contribution in [3.8, 4) is 16.9 Å². The van der Waals surface area contributed by atoms with Gasteiger partial charge in [-0.3, -0.25) is 14.5 Å². The maximum Gasteiger partial charge on any atom is 0.416 e. The smallest absolute Gasteiger partial charge is 0.322 e. The van der Waals surface area contributed by atoms with E-state index in [1.165, 1.54) is 17.8 Å². The quantitative estimate of drug-likeness (QED) is 0.377. The van der Waals surface area contributed by atoms with E-state index in [0.29, 0.717) is 35.6 Å². The lowest BCUT2D eigenvalue weighted by Gasteiger charge is -2.25. The molecule has 0 saturated heterocycles. The van der Waals surface area contributed by atoms with Crippen molar-refractivity contribution in [1.82, 2.24) is 34.7 Å². The molecule has 5 rings (SSSR count). The summed E-state index contributed by atoms with van der Waals surface area (Å²) in [5.74, 6) is -0.586. The Labute approximate surface area is 229 Å². The Kier molecular flexibility index (Phi) is 7.05. The number of anilines is 1. The molecule has 208 valence electrons. The molecule has 0 bridgehead atoms. The molecular formula is C28H29F3N8O. The molecule has 0 radical (unpaired) electrons. The second kappa shape index (κ2) is 10.3. The van der Waals surface area contributed by atoms with Gasteiger partial charge < -0.3 is 10.2 Å². The van der Waals surface area contributed by atoms with E-state index in [1.807, 2.05) is 27.1 Å². The molecule has 1 aliphatic heterocycles. The fourth-order valence-electron chi connectivity index (χ4n) is 4.77. The second-order valence-corrected chi connectivity index (χ2v) is 10.0. The van der Waals surface area contributed by atoms with Gasteiger partial charge in [-0.15, -0.1) is 5.10 Å². The molecule has 9 nitrogen and oxygen atoms in total. The van der Waals surface area contributed by atoms with Crippen LogP contribution in [0.2, 0.25) is 0 Å². The number of benzene rings is 1. The van der Waals surface area contributed by atoms with Crippen molar-refractivity contribution in [2.24, 2.45) is 7.05 Å². The lowest BCUT2D eigenvalue weighted by Crippen LogP contribution is -2.24. The van der Waals surface area contributed by atoms with Gasteiger partial charge in [-0.05, 0) is 69.1 Å². The van der Waals surface area contributed by atoms with Crippen LogP contribution in [0.25, 0.3) is 22.5 Å². The van der Waals surface area contributed by atoms with Crippen molar-refractivity contribution < 1.29 is 18.0 Å². The summed E-state index contributed by atoms with van der Waals surface area (Å²) in [6.07, 6.45) is 2.79. The number of alkyl halides is 3. The van der Waals surface area contributed by atoms with E-state index in [1.54, 1.807) is 36.1 Å². The van der Waals surface area contributed by atoms with Gasteiger partial charge >= 0.3 is 6.18 Å². The standard InChI is InChI=1S/C28H29F3N8O/c1-16-22(19-6-8-37(4)9-7-19)11-21(12-24(16)28(29,30)31)34-27(40)20-10-26(17(2)32-13-20)39-15-25(35-36-39)23-14-33-38(5)18(23)3/h6,10-15H,7-9H2,1-5H3,(H,34,40). The number of hydrogen-bond acceptors (Lipinski definition) is 6. The van der Waals surface area contributed by atoms with E-state index in [0.717, 1.165) is 29.4 Å². The molecule has 0 spiro atoms. The molecule has 0 aliphatic carbocycles. The van der Waals surface area contributed by atoms with E-state index in [-0.39, 0.29) is 16.8 Å². The summed E-state index contributed by atoms with van der Waals surface area (Å²) < 4.78 is 45.1. The van der Waals surface area contributed by atoms with Crippen LogP contribution in [0.5, 0.6) is 0 Å². The summed E-state index contributed by atoms with van der Waals surface area (Å²) in [7, 11) is 3.79. The Balaban J connectivity index is 1.46. The third-order valence-electron chi connectivity index (χ3n) is 7.30. The average molecular weight is 551 g/mol. The number of nitrogens with zero attached hydrogens (tertiary/aromatic N) is 7. The highest BCUT2D eigenvalue weighted by atomic mass is 19.4. The molecule has 40 heavy (non-hydrogen) atoms. The number of aromatic nitrogens is 6. The van der Waals surface area contributed by atoms with Gasteiger partial charge in [0.25, 0.3) is 5.91 Å². The molecule has 0 fully saturated rings. The van der Waals surface area contributed by atoms with Crippen LogP contribution in [0.15, 0.2) is 42.9 Å². The zero-order valence-electron chi connectivity index (χ0n) is 22.8. The molecule has 0 atom stereocenters. The predicted octanol–water partition coefficient (Wildman–Crippen LogP) is 4.98. The summed E-state index contributed by atoms with van der Waals surface area (Å²) in [5.41, 5.74) is 4.39. The van der Waals surface area contributed by atoms with Crippen LogP contribution in [-0.2, 0) is 13.2 Å². The predicted molar refractivity (Wildman–Crippen MR) is 145 cm³/mol. The molecule has 0 saturated carbocycles. The molecule has 1 aromatic carbocycles. The number of halogens is 3. The number of hydrogen-bond donors (Lipinski definition) is 1. The number of pyridine rings is 1. The number of rotatable bonds is 5. The van der Waals surface area contributed by atoms with Gasteiger partial charge in [0.05, 0.1) is 34.9 Å². The van der Waals surface area contributed by atoms with E-state index in [9.17, 15) is 18.0 Å². The fraction of sp³-hybridized carbons (Fsp3) is 0.321. The van der Waals surface area contributed by atoms with Gasteiger partial charge in [-0.2, -0.15) is 18.3 Å². The van der Waals surface area contributed by atoms with Gasteiger partial charge in [0, 0.05) is 43.3 Å². The van der Waals surface area contributed by atoms with Gasteiger partial charge in [-0.25, -0.2) is 4.68 Å². The molecular weight excluding hydrogens is 521 g/mol. The van der Waals surface area contributed by atoms with Crippen LogP contribution < -0.4 is 5.32 Å². The SMILES string of the molecule is Cc1ncc(C(=O)Nc2cc(C3=CCN(C)CC3)c(C)c(C(F)(F)F)c2)cc1-n1cc(-c2cnn(C)c2C)nn1. The maximum absolute atomic E-state index is 14.0. The first-order chi connectivity index (χ1) is 18.9. The first-order valence-electron chi connectivity index (χ1n) is 12.7. The van der Waals surface area contributed by atoms with Crippen molar-refractivity contribution in [2.45, 2.75) is 33.4 Å². The molecule has 3 aromatic heterocycles. The topological polar surface area (TPSA) is 93.8 Å². The lowest BCUT2D eigenvalue weighted by molar-refractivity contribution is -0.138. The van der Waals surface area contributed by atoms with Crippen LogP contribution >= 0.6 is 0 Å². The van der Waals surface area contributed by atoms with E-state index in [4.69, 9.17) is 0 Å². The number of carbonyl (C=O) groups is 1. The van der Waals surface area contributed by atoms with Crippen molar-refractivity contribution in [2.75, 3.05) is 25.5 Å². The Morgan fingerprint density at radius 2 is 1.82 bits per heavy atom. The molecule has 0 unspecified atom stereocenters. The summed E-state index contributed by atoms with van der Waals surface area (Å²) in [4.78, 5) is 19.7. The normalized spacial score (nSPS) is 14.3. The molecule has 1 aliphatic rings. The van der Waals surface area contributed by atoms with Crippen LogP contribution in [-0.4, -0.2) is 60.7 Å². The largest absolute Gasteiger partial charge is 0.416 e. The van der Waals surface area contributed by atoms with Crippen molar-refractivity contribution in [3.63, 3.8) is 0 Å². The fourth-order valence-corrected chi connectivity index (χ4v) is 4.77. The highest BCUT2D eigenvalue weighted by Gasteiger charge is 2.34. The zero-order valence-corrected chi connectivity index (χ0v) is 22.8. The molecule has 1 amide bonds. The first kappa shape index (κ1) is 27.3. The van der Waals surface area contributed by atoms with Crippen molar-refractivity contribution in [1.29, 1.82) is 0 Å². The summed E-state index contributed by atoms with van der Waals surface area (Å²) in [6.45, 7) is 6.55. The van der Waals surface area contributed by atoms with Gasteiger partial charge in [-0.1, -0.05) is 11.3 Å². The molecule has 1 N–H and O–H groups in total. The zero-order chi connectivity index (χ0) is 28.8. The third kappa shape index (κ3) is 5.26. The van der Waals surface area contributed by atoms with Crippen molar-refractivity contribution in [3.05, 3.63) is 76.5 Å². The van der Waals surface area contributed by atoms with Gasteiger partial charge in [0.15, 0.2) is 0 Å². The minimum absolute atomic E-state index is 0.0648. The number of likely N-dealkylation sites (N-methyl/N-ethyl adjacent to an activating group) is 1. The molecule has 12 heteroatoms. The maximum atomic E-state index is 14.0. The minimum atomic E-state index is -4.57. The van der Waals surface area contributed by atoms with Crippen LogP contribution in [0.4, 0.5) is 18.9 Å². The molecule has 4 aromatic rings. The Morgan fingerprint density at radius 1 is 1.05 bits per heavy atom. The van der Waals surface area contributed by atoms with Gasteiger partial charge in [0.2, 0.25) is 0 Å². The molecule has 4 heterocycles. The second-order valence-electron chi connectivity index (χ2n) is 10.0. The van der Waals surface area contributed by atoms with E-state index in [2.05, 4.69) is 30.6 Å². The average Bonchev–Trinajstić information content (AvgIpc) is 3.51. The van der Waals surface area contributed by atoms with Crippen LogP contribution in [0, 0.1) is 20.8 Å². The third-order valence-corrected chi connectivity index (χ3v) is 7.30. The lowest BCUT2D eigenvalue weighted by atomic mass is 9.91. The number of nitrogens with one attached hydrogen (secondary N) is 1. The summed E-state index contributed by atoms with van der Waals surface area (Å²) in [6, 6.07) is 4.18. The van der Waals surface area contributed by atoms with Crippen molar-refractivity contribution >= 4 is 17.2 Å². The van der Waals surface area contributed by atoms with Crippen LogP contribution in [0.1, 0.15) is 44.9 Å². The Bertz CT molecular complexity index is 1630. The Morgan fingerprint density at radius 3 is 2.48 bits per heavy atom. The number of aryl methyl sites for hydroxylation is 2. The van der Waals surface area contributed by atoms with Gasteiger partial charge in [0.1, 0.15) is 5.69 Å². The first-order valence-corrected chi connectivity index (χ1v) is 12.7. The monoisotopic (exact) mass is 550 g/mol. The number of amides is 1. The minimum Gasteiger partial charge on any atom is -0.322 e. The Hall–Kier alpha value is -4.32. The highest BCUT2D eigenvalue weighted by Crippen LogP contribution is 2.38. The number of carbonyl (C=O) groups excluding carboxylic acids is 1.